The van der Waals surface area contributed by atoms with Crippen LogP contribution in [-0.2, 0) is 22.7 Å². The minimum Gasteiger partial charge on any atom is -0.478 e. The number of rotatable bonds is 8. The molecule has 4 aromatic rings. The van der Waals surface area contributed by atoms with Crippen molar-refractivity contribution in [1.29, 1.82) is 0 Å². The van der Waals surface area contributed by atoms with Crippen LogP contribution in [0.1, 0.15) is 18.1 Å². The second kappa shape index (κ2) is 18.7. The number of carboxylic acids is 1. The van der Waals surface area contributed by atoms with Gasteiger partial charge in [0.1, 0.15) is 0 Å². The van der Waals surface area contributed by atoms with E-state index in [2.05, 4.69) is 31.9 Å². The van der Waals surface area contributed by atoms with Gasteiger partial charge in [-0.05, 0) is 108 Å². The standard InChI is InChI=1S/C20H17BrCl2N2O2.C19H15BrCl2N2O3/c1-13(26)8-14-10-24(12-15-2-5-17(22)9-19(15)23)20(27)25(11-14)18-6-3-16(21)4-7-18;20-14-2-5-16(6-3-14)24-10-12(7-18(25)26)9-23(19(24)27)11-13-1-4-15(21)8-17(13)22/h2-9H,10-12H2,1H3;1-8H,9-11H2,(H,25,26). The van der Waals surface area contributed by atoms with E-state index in [1.807, 2.05) is 42.5 Å². The molecule has 54 heavy (non-hydrogen) atoms. The van der Waals surface area contributed by atoms with Gasteiger partial charge in [-0.15, -0.1) is 0 Å². The largest absolute Gasteiger partial charge is 0.478 e. The van der Waals surface area contributed by atoms with Gasteiger partial charge in [0.25, 0.3) is 0 Å². The van der Waals surface area contributed by atoms with Crippen molar-refractivity contribution in [1.82, 2.24) is 9.80 Å². The number of ketones is 1. The molecule has 4 aromatic carbocycles. The molecule has 2 heterocycles. The van der Waals surface area contributed by atoms with E-state index in [1.54, 1.807) is 68.1 Å². The molecule has 0 unspecified atom stereocenters. The maximum absolute atomic E-state index is 13.1. The molecule has 1 N–H and O–H groups in total. The first-order chi connectivity index (χ1) is 25.7. The van der Waals surface area contributed by atoms with Crippen molar-refractivity contribution in [3.63, 3.8) is 0 Å². The molecule has 15 heteroatoms. The Labute approximate surface area is 349 Å². The molecular weight excluding hydrogens is 906 g/mol. The van der Waals surface area contributed by atoms with E-state index >= 15 is 0 Å². The van der Waals surface area contributed by atoms with E-state index in [1.165, 1.54) is 6.92 Å². The molecule has 6 rings (SSSR count). The molecule has 280 valence electrons. The molecule has 0 bridgehead atoms. The quantitative estimate of drug-likeness (QED) is 0.177. The van der Waals surface area contributed by atoms with Crippen molar-refractivity contribution in [2.24, 2.45) is 0 Å². The number of allylic oxidation sites excluding steroid dienone is 1. The SMILES string of the molecule is CC(=O)C=C1CN(Cc2ccc(Cl)cc2Cl)C(=O)N(c2ccc(Br)cc2)C1.O=C(O)C=C1CN(Cc2ccc(Cl)cc2Cl)C(=O)N(c2ccc(Br)cc2)C1. The topological polar surface area (TPSA) is 101 Å². The summed E-state index contributed by atoms with van der Waals surface area (Å²) in [6.07, 6.45) is 2.74. The number of nitrogens with zero attached hydrogens (tertiary/aromatic N) is 4. The van der Waals surface area contributed by atoms with E-state index in [0.29, 0.717) is 51.0 Å². The lowest BCUT2D eigenvalue weighted by atomic mass is 10.1. The Morgan fingerprint density at radius 2 is 1.02 bits per heavy atom. The normalized spacial score (nSPS) is 16.1. The van der Waals surface area contributed by atoms with Gasteiger partial charge in [-0.1, -0.05) is 90.4 Å². The maximum Gasteiger partial charge on any atom is 0.328 e. The van der Waals surface area contributed by atoms with Crippen LogP contribution in [0.5, 0.6) is 0 Å². The number of carbonyl (C=O) groups is 4. The summed E-state index contributed by atoms with van der Waals surface area (Å²) >= 11 is 31.2. The van der Waals surface area contributed by atoms with E-state index in [4.69, 9.17) is 51.5 Å². The van der Waals surface area contributed by atoms with Crippen LogP contribution in [0.4, 0.5) is 21.0 Å². The number of carbonyl (C=O) groups excluding carboxylic acids is 3. The van der Waals surface area contributed by atoms with Gasteiger partial charge in [0.2, 0.25) is 0 Å². The van der Waals surface area contributed by atoms with E-state index in [0.717, 1.165) is 37.4 Å². The molecule has 0 atom stereocenters. The highest BCUT2D eigenvalue weighted by atomic mass is 79.9. The highest BCUT2D eigenvalue weighted by Crippen LogP contribution is 2.30. The fourth-order valence-corrected chi connectivity index (χ4v) is 7.32. The number of hydrogen-bond donors (Lipinski definition) is 1. The third kappa shape index (κ3) is 11.1. The number of benzene rings is 4. The van der Waals surface area contributed by atoms with Gasteiger partial charge in [0.05, 0.1) is 13.1 Å². The number of hydrogen-bond acceptors (Lipinski definition) is 4. The molecule has 2 saturated heterocycles. The van der Waals surface area contributed by atoms with Crippen molar-refractivity contribution >= 4 is 113 Å². The van der Waals surface area contributed by atoms with Crippen LogP contribution < -0.4 is 9.80 Å². The molecule has 0 spiro atoms. The van der Waals surface area contributed by atoms with Crippen molar-refractivity contribution < 1.29 is 24.3 Å². The Morgan fingerprint density at radius 1 is 0.630 bits per heavy atom. The van der Waals surface area contributed by atoms with Crippen LogP contribution in [-0.4, -0.2) is 64.9 Å². The number of amides is 4. The Hall–Kier alpha value is -3.84. The van der Waals surface area contributed by atoms with Crippen LogP contribution in [0.25, 0.3) is 0 Å². The van der Waals surface area contributed by atoms with Crippen LogP contribution in [0.2, 0.25) is 20.1 Å². The first kappa shape index (κ1) is 41.3. The minimum atomic E-state index is -1.04. The summed E-state index contributed by atoms with van der Waals surface area (Å²) in [6.45, 7) is 3.29. The summed E-state index contributed by atoms with van der Waals surface area (Å²) in [5, 5.41) is 11.2. The van der Waals surface area contributed by atoms with Crippen molar-refractivity contribution in [3.05, 3.63) is 148 Å². The zero-order valence-electron chi connectivity index (χ0n) is 28.6. The molecule has 0 aromatic heterocycles. The van der Waals surface area contributed by atoms with Crippen LogP contribution >= 0.6 is 78.3 Å². The van der Waals surface area contributed by atoms with Crippen LogP contribution in [0.15, 0.2) is 117 Å². The van der Waals surface area contributed by atoms with Gasteiger partial charge >= 0.3 is 18.0 Å². The lowest BCUT2D eigenvalue weighted by molar-refractivity contribution is -0.131. The Bertz CT molecular complexity index is 1980. The van der Waals surface area contributed by atoms with E-state index in [9.17, 15) is 19.2 Å². The third-order valence-corrected chi connectivity index (χ3v) is 10.5. The molecule has 0 radical (unpaired) electrons. The van der Waals surface area contributed by atoms with Crippen LogP contribution in [0, 0.1) is 0 Å². The fraction of sp³-hybridized carbons (Fsp3) is 0.179. The summed E-state index contributed by atoms with van der Waals surface area (Å²) in [5.41, 5.74) is 4.48. The summed E-state index contributed by atoms with van der Waals surface area (Å²) in [4.78, 5) is 55.3. The number of aliphatic carboxylic acids is 1. The van der Waals surface area contributed by atoms with Gasteiger partial charge < -0.3 is 14.9 Å². The smallest absolute Gasteiger partial charge is 0.328 e. The van der Waals surface area contributed by atoms with Gasteiger partial charge in [0.15, 0.2) is 5.78 Å². The number of halogens is 6. The second-order valence-electron chi connectivity index (χ2n) is 12.4. The monoisotopic (exact) mass is 934 g/mol. The predicted octanol–water partition coefficient (Wildman–Crippen LogP) is 10.9. The van der Waals surface area contributed by atoms with Crippen molar-refractivity contribution in [3.8, 4) is 0 Å². The number of anilines is 2. The molecule has 2 aliphatic rings. The molecule has 0 aliphatic carbocycles. The first-order valence-electron chi connectivity index (χ1n) is 16.3. The zero-order valence-corrected chi connectivity index (χ0v) is 34.8. The number of urea groups is 2. The lowest BCUT2D eigenvalue weighted by Gasteiger charge is -2.37. The molecule has 2 fully saturated rings. The minimum absolute atomic E-state index is 0.0421. The molecule has 0 saturated carbocycles. The molecule has 4 amide bonds. The first-order valence-corrected chi connectivity index (χ1v) is 19.4. The van der Waals surface area contributed by atoms with Crippen LogP contribution in [0.3, 0.4) is 0 Å². The average molecular weight is 938 g/mol. The van der Waals surface area contributed by atoms with Gasteiger partial charge in [-0.3, -0.25) is 14.6 Å². The maximum atomic E-state index is 13.1. The lowest BCUT2D eigenvalue weighted by Crippen LogP contribution is -2.50. The van der Waals surface area contributed by atoms with E-state index in [-0.39, 0.29) is 37.5 Å². The van der Waals surface area contributed by atoms with Gasteiger partial charge in [-0.2, -0.15) is 0 Å². The summed E-state index contributed by atoms with van der Waals surface area (Å²) in [5.74, 6) is -1.08. The van der Waals surface area contributed by atoms with Crippen molar-refractivity contribution in [2.75, 3.05) is 36.0 Å². The predicted molar refractivity (Wildman–Crippen MR) is 222 cm³/mol. The Balaban J connectivity index is 0.000000208. The average Bonchev–Trinajstić information content (AvgIpc) is 3.10. The third-order valence-electron chi connectivity index (χ3n) is 8.28. The molecule has 9 nitrogen and oxygen atoms in total. The Kier molecular flexibility index (Phi) is 14.3. The Morgan fingerprint density at radius 3 is 1.37 bits per heavy atom. The number of carboxylic acid groups (broad SMARTS) is 1. The van der Waals surface area contributed by atoms with Gasteiger partial charge in [0, 0.05) is 72.7 Å². The van der Waals surface area contributed by atoms with Gasteiger partial charge in [-0.25, -0.2) is 14.4 Å². The van der Waals surface area contributed by atoms with E-state index < -0.39 is 5.97 Å². The highest BCUT2D eigenvalue weighted by Gasteiger charge is 2.31. The summed E-state index contributed by atoms with van der Waals surface area (Å²) in [6, 6.07) is 24.7. The fourth-order valence-electron chi connectivity index (χ4n) is 5.86. The zero-order chi connectivity index (χ0) is 39.1. The summed E-state index contributed by atoms with van der Waals surface area (Å²) in [7, 11) is 0. The van der Waals surface area contributed by atoms with Crippen molar-refractivity contribution in [2.45, 2.75) is 20.0 Å². The highest BCUT2D eigenvalue weighted by molar-refractivity contribution is 9.10. The molecule has 2 aliphatic heterocycles. The summed E-state index contributed by atoms with van der Waals surface area (Å²) < 4.78 is 1.82. The molecular formula is C39H32Br2Cl4N4O5. The second-order valence-corrected chi connectivity index (χ2v) is 15.9.